The number of carbonyl (C=O) groups is 1. The second kappa shape index (κ2) is 12.4. The lowest BCUT2D eigenvalue weighted by atomic mass is 10.0. The van der Waals surface area contributed by atoms with Crippen LogP contribution in [-0.2, 0) is 6.42 Å². The molecule has 194 valence electrons. The first-order chi connectivity index (χ1) is 18.1. The summed E-state index contributed by atoms with van der Waals surface area (Å²) in [5, 5.41) is 9.10. The third-order valence-corrected chi connectivity index (χ3v) is 6.88. The molecule has 1 amide bonds. The number of nitriles is 1. The number of pyridine rings is 1. The molecule has 1 aliphatic heterocycles. The Kier molecular flexibility index (Phi) is 8.75. The number of aromatic nitrogens is 3. The van der Waals surface area contributed by atoms with E-state index in [1.54, 1.807) is 12.5 Å². The predicted octanol–water partition coefficient (Wildman–Crippen LogP) is 3.66. The highest BCUT2D eigenvalue weighted by molar-refractivity contribution is 5.94. The van der Waals surface area contributed by atoms with Crippen molar-refractivity contribution >= 4 is 11.7 Å². The molecule has 0 spiro atoms. The lowest BCUT2D eigenvalue weighted by Crippen LogP contribution is -2.50. The lowest BCUT2D eigenvalue weighted by Gasteiger charge is -2.39. The van der Waals surface area contributed by atoms with E-state index >= 15 is 0 Å². The normalized spacial score (nSPS) is 14.7. The molecule has 0 bridgehead atoms. The van der Waals surface area contributed by atoms with Gasteiger partial charge in [-0.3, -0.25) is 9.69 Å². The summed E-state index contributed by atoms with van der Waals surface area (Å²) >= 11 is 0. The Balaban J connectivity index is 1.45. The fourth-order valence-corrected chi connectivity index (χ4v) is 4.82. The van der Waals surface area contributed by atoms with Crippen molar-refractivity contribution in [2.24, 2.45) is 0 Å². The van der Waals surface area contributed by atoms with Crippen LogP contribution in [0.5, 0.6) is 5.75 Å². The van der Waals surface area contributed by atoms with Crippen molar-refractivity contribution in [2.75, 3.05) is 50.8 Å². The van der Waals surface area contributed by atoms with Crippen molar-refractivity contribution in [2.45, 2.75) is 33.2 Å². The van der Waals surface area contributed by atoms with Gasteiger partial charge < -0.3 is 19.5 Å². The van der Waals surface area contributed by atoms with Crippen LogP contribution in [0.2, 0.25) is 0 Å². The third-order valence-electron chi connectivity index (χ3n) is 6.88. The van der Waals surface area contributed by atoms with E-state index in [2.05, 4.69) is 44.7 Å². The van der Waals surface area contributed by atoms with E-state index in [4.69, 9.17) is 10.00 Å². The molecule has 1 fully saturated rings. The summed E-state index contributed by atoms with van der Waals surface area (Å²) in [5.74, 6) is 1.40. The van der Waals surface area contributed by atoms with Crippen LogP contribution < -0.4 is 9.64 Å². The van der Waals surface area contributed by atoms with E-state index in [1.807, 2.05) is 48.4 Å². The topological polar surface area (TPSA) is 101 Å². The van der Waals surface area contributed by atoms with Crippen molar-refractivity contribution in [3.05, 3.63) is 71.4 Å². The van der Waals surface area contributed by atoms with Crippen molar-refractivity contribution in [1.82, 2.24) is 24.8 Å². The Morgan fingerprint density at radius 1 is 1.14 bits per heavy atom. The Morgan fingerprint density at radius 3 is 2.46 bits per heavy atom. The van der Waals surface area contributed by atoms with Gasteiger partial charge in [0.05, 0.1) is 41.9 Å². The van der Waals surface area contributed by atoms with Gasteiger partial charge in [-0.1, -0.05) is 12.1 Å². The van der Waals surface area contributed by atoms with Crippen LogP contribution in [0.15, 0.2) is 49.1 Å². The smallest absolute Gasteiger partial charge is 0.255 e. The molecule has 0 saturated carbocycles. The molecular weight excluding hydrogens is 466 g/mol. The molecule has 9 nitrogen and oxygen atoms in total. The van der Waals surface area contributed by atoms with Gasteiger partial charge in [0.25, 0.3) is 5.91 Å². The van der Waals surface area contributed by atoms with Gasteiger partial charge in [0.1, 0.15) is 0 Å². The molecule has 1 unspecified atom stereocenters. The first-order valence-electron chi connectivity index (χ1n) is 13.0. The van der Waals surface area contributed by atoms with Gasteiger partial charge in [0.2, 0.25) is 0 Å². The number of hydrogen-bond acceptors (Lipinski definition) is 7. The van der Waals surface area contributed by atoms with Crippen molar-refractivity contribution in [3.8, 4) is 11.8 Å². The summed E-state index contributed by atoms with van der Waals surface area (Å²) in [5.41, 5.74) is 3.40. The van der Waals surface area contributed by atoms with Crippen LogP contribution in [0, 0.1) is 11.3 Å². The number of piperazine rings is 1. The standard InChI is InChI=1S/C28H35N7O2/c1-4-33(5-2)27-26(37-6-3)16-23(18-31-27)28(36)35-13-11-34(12-14-35)25(24-19-30-20-32-24)15-21-7-9-22(17-29)10-8-21/h7-10,16,18-20,25H,4-6,11-15H2,1-3H3,(H,30,32). The molecule has 4 rings (SSSR count). The predicted molar refractivity (Wildman–Crippen MR) is 143 cm³/mol. The van der Waals surface area contributed by atoms with Crippen LogP contribution in [0.3, 0.4) is 0 Å². The monoisotopic (exact) mass is 501 g/mol. The zero-order valence-electron chi connectivity index (χ0n) is 21.9. The fraction of sp³-hybridized carbons (Fsp3) is 0.429. The third kappa shape index (κ3) is 6.09. The van der Waals surface area contributed by atoms with E-state index in [1.165, 1.54) is 0 Å². The molecule has 37 heavy (non-hydrogen) atoms. The number of amides is 1. The first-order valence-corrected chi connectivity index (χ1v) is 13.0. The quantitative estimate of drug-likeness (QED) is 0.452. The molecule has 0 radical (unpaired) electrons. The van der Waals surface area contributed by atoms with Crippen LogP contribution in [0.1, 0.15) is 54.0 Å². The maximum atomic E-state index is 13.4. The summed E-state index contributed by atoms with van der Waals surface area (Å²) in [6.45, 7) is 11.0. The van der Waals surface area contributed by atoms with Crippen LogP contribution in [-0.4, -0.2) is 76.5 Å². The van der Waals surface area contributed by atoms with E-state index < -0.39 is 0 Å². The number of anilines is 1. The van der Waals surface area contributed by atoms with Crippen molar-refractivity contribution < 1.29 is 9.53 Å². The van der Waals surface area contributed by atoms with E-state index in [-0.39, 0.29) is 11.9 Å². The first kappa shape index (κ1) is 26.2. The maximum absolute atomic E-state index is 13.4. The minimum Gasteiger partial charge on any atom is -0.490 e. The average molecular weight is 502 g/mol. The Hall–Kier alpha value is -3.90. The second-order valence-corrected chi connectivity index (χ2v) is 9.01. The van der Waals surface area contributed by atoms with Crippen molar-refractivity contribution in [3.63, 3.8) is 0 Å². The molecule has 2 aromatic heterocycles. The number of benzene rings is 1. The number of carbonyl (C=O) groups excluding carboxylic acids is 1. The number of hydrogen-bond donors (Lipinski definition) is 1. The number of ether oxygens (including phenoxy) is 1. The van der Waals surface area contributed by atoms with Crippen LogP contribution in [0.4, 0.5) is 5.82 Å². The maximum Gasteiger partial charge on any atom is 0.255 e. The summed E-state index contributed by atoms with van der Waals surface area (Å²) in [6.07, 6.45) is 6.02. The van der Waals surface area contributed by atoms with Crippen LogP contribution >= 0.6 is 0 Å². The Bertz CT molecular complexity index is 1190. The molecule has 3 aromatic rings. The molecule has 3 heterocycles. The minimum atomic E-state index is -0.0237. The molecule has 1 saturated heterocycles. The van der Waals surface area contributed by atoms with Crippen molar-refractivity contribution in [1.29, 1.82) is 5.26 Å². The van der Waals surface area contributed by atoms with E-state index in [0.29, 0.717) is 36.6 Å². The zero-order valence-corrected chi connectivity index (χ0v) is 21.9. The Labute approximate surface area is 218 Å². The van der Waals surface area contributed by atoms with Gasteiger partial charge in [-0.05, 0) is 51.0 Å². The van der Waals surface area contributed by atoms with Gasteiger partial charge >= 0.3 is 0 Å². The molecule has 1 atom stereocenters. The second-order valence-electron chi connectivity index (χ2n) is 9.01. The summed E-state index contributed by atoms with van der Waals surface area (Å²) in [7, 11) is 0. The molecule has 1 aromatic carbocycles. The largest absolute Gasteiger partial charge is 0.490 e. The van der Waals surface area contributed by atoms with Gasteiger partial charge in [-0.2, -0.15) is 5.26 Å². The number of rotatable bonds is 10. The number of imidazole rings is 1. The van der Waals surface area contributed by atoms with Gasteiger partial charge in [0.15, 0.2) is 11.6 Å². The molecular formula is C28H35N7O2. The number of aromatic amines is 1. The average Bonchev–Trinajstić information content (AvgIpc) is 3.48. The molecule has 0 aliphatic carbocycles. The van der Waals surface area contributed by atoms with Gasteiger partial charge in [-0.25, -0.2) is 9.97 Å². The number of nitrogens with one attached hydrogen (secondary N) is 1. The number of nitrogens with zero attached hydrogens (tertiary/aromatic N) is 6. The summed E-state index contributed by atoms with van der Waals surface area (Å²) in [6, 6.07) is 11.8. The molecule has 9 heteroatoms. The number of H-pyrrole nitrogens is 1. The SMILES string of the molecule is CCOc1cc(C(=O)N2CCN(C(Cc3ccc(C#N)cc3)c3cnc[nH]3)CC2)cnc1N(CC)CC. The fourth-order valence-electron chi connectivity index (χ4n) is 4.82. The molecule has 1 N–H and O–H groups in total. The highest BCUT2D eigenvalue weighted by Crippen LogP contribution is 2.29. The lowest BCUT2D eigenvalue weighted by molar-refractivity contribution is 0.0562. The highest BCUT2D eigenvalue weighted by Gasteiger charge is 2.29. The summed E-state index contributed by atoms with van der Waals surface area (Å²) < 4.78 is 5.85. The van der Waals surface area contributed by atoms with Gasteiger partial charge in [0, 0.05) is 51.7 Å². The molecule has 1 aliphatic rings. The van der Waals surface area contributed by atoms with Crippen LogP contribution in [0.25, 0.3) is 0 Å². The van der Waals surface area contributed by atoms with E-state index in [0.717, 1.165) is 49.7 Å². The highest BCUT2D eigenvalue weighted by atomic mass is 16.5. The van der Waals surface area contributed by atoms with Gasteiger partial charge in [-0.15, -0.1) is 0 Å². The minimum absolute atomic E-state index is 0.0237. The zero-order chi connectivity index (χ0) is 26.2. The Morgan fingerprint density at radius 2 is 1.86 bits per heavy atom. The van der Waals surface area contributed by atoms with E-state index in [9.17, 15) is 4.79 Å². The summed E-state index contributed by atoms with van der Waals surface area (Å²) in [4.78, 5) is 31.9.